The smallest absolute Gasteiger partial charge is 0.238 e. The van der Waals surface area contributed by atoms with Gasteiger partial charge in [0.15, 0.2) is 5.96 Å². The number of halogens is 2. The van der Waals surface area contributed by atoms with Gasteiger partial charge in [-0.1, -0.05) is 12.1 Å². The zero-order valence-electron chi connectivity index (χ0n) is 16.5. The summed E-state index contributed by atoms with van der Waals surface area (Å²) in [4.78, 5) is 7.39. The molecule has 30 heavy (non-hydrogen) atoms. The standard InChI is InChI=1S/C20H24FN5O2S.HI/c1-23-20(24-10-8-14-2-5-17(6-3-14)29(22,27)28)25-11-9-15-13-26-19-12-16(21)4-7-18(15)19;/h2-7,12-13,26H,8-11H2,1H3,(H2,22,27,28)(H2,23,24,25);1H. The molecule has 0 unspecified atom stereocenters. The van der Waals surface area contributed by atoms with Crippen molar-refractivity contribution in [3.8, 4) is 0 Å². The topological polar surface area (TPSA) is 112 Å². The summed E-state index contributed by atoms with van der Waals surface area (Å²) in [7, 11) is -1.97. The number of hydrogen-bond acceptors (Lipinski definition) is 3. The van der Waals surface area contributed by atoms with E-state index >= 15 is 0 Å². The predicted molar refractivity (Wildman–Crippen MR) is 128 cm³/mol. The molecular formula is C20H25FIN5O2S. The Kier molecular flexibility index (Phi) is 8.62. The van der Waals surface area contributed by atoms with Gasteiger partial charge in [0.05, 0.1) is 4.90 Å². The van der Waals surface area contributed by atoms with Crippen molar-refractivity contribution in [2.45, 2.75) is 17.7 Å². The molecule has 7 nitrogen and oxygen atoms in total. The SMILES string of the molecule is CN=C(NCCc1ccc(S(N)(=O)=O)cc1)NCCc1c[nH]c2cc(F)ccc12.I. The monoisotopic (exact) mass is 545 g/mol. The van der Waals surface area contributed by atoms with Crippen molar-refractivity contribution in [1.82, 2.24) is 15.6 Å². The fourth-order valence-corrected chi connectivity index (χ4v) is 3.59. The lowest BCUT2D eigenvalue weighted by Crippen LogP contribution is -2.39. The molecule has 0 saturated carbocycles. The lowest BCUT2D eigenvalue weighted by atomic mass is 10.1. The van der Waals surface area contributed by atoms with Gasteiger partial charge in [-0.2, -0.15) is 0 Å². The third kappa shape index (κ3) is 6.41. The van der Waals surface area contributed by atoms with Crippen molar-refractivity contribution < 1.29 is 12.8 Å². The van der Waals surface area contributed by atoms with E-state index in [1.165, 1.54) is 24.3 Å². The van der Waals surface area contributed by atoms with Crippen molar-refractivity contribution in [2.75, 3.05) is 20.1 Å². The van der Waals surface area contributed by atoms with E-state index in [4.69, 9.17) is 5.14 Å². The Labute approximate surface area is 192 Å². The van der Waals surface area contributed by atoms with E-state index in [9.17, 15) is 12.8 Å². The third-order valence-electron chi connectivity index (χ3n) is 4.60. The average Bonchev–Trinajstić information content (AvgIpc) is 3.08. The molecule has 0 aliphatic heterocycles. The minimum Gasteiger partial charge on any atom is -0.361 e. The van der Waals surface area contributed by atoms with Crippen LogP contribution < -0.4 is 15.8 Å². The molecule has 0 spiro atoms. The van der Waals surface area contributed by atoms with Crippen molar-refractivity contribution in [1.29, 1.82) is 0 Å². The summed E-state index contributed by atoms with van der Waals surface area (Å²) in [5, 5.41) is 12.6. The summed E-state index contributed by atoms with van der Waals surface area (Å²) in [6, 6.07) is 11.2. The van der Waals surface area contributed by atoms with Crippen LogP contribution in [-0.4, -0.2) is 39.5 Å². The number of hydrogen-bond donors (Lipinski definition) is 4. The van der Waals surface area contributed by atoms with Crippen LogP contribution in [0.3, 0.4) is 0 Å². The molecule has 3 aromatic rings. The van der Waals surface area contributed by atoms with Gasteiger partial charge in [-0.25, -0.2) is 17.9 Å². The first-order chi connectivity index (χ1) is 13.9. The summed E-state index contributed by atoms with van der Waals surface area (Å²) in [6.07, 6.45) is 3.37. The number of fused-ring (bicyclic) bond motifs is 1. The summed E-state index contributed by atoms with van der Waals surface area (Å²) in [6.45, 7) is 1.31. The number of nitrogens with one attached hydrogen (secondary N) is 3. The molecule has 3 rings (SSSR count). The molecule has 10 heteroatoms. The molecule has 1 heterocycles. The largest absolute Gasteiger partial charge is 0.361 e. The van der Waals surface area contributed by atoms with Crippen LogP contribution in [0.5, 0.6) is 0 Å². The van der Waals surface area contributed by atoms with E-state index in [1.54, 1.807) is 25.2 Å². The number of nitrogens with two attached hydrogens (primary N) is 1. The van der Waals surface area contributed by atoms with E-state index in [0.717, 1.165) is 28.5 Å². The number of H-pyrrole nitrogens is 1. The molecule has 0 aliphatic carbocycles. The molecule has 1 aromatic heterocycles. The number of aromatic nitrogens is 1. The predicted octanol–water partition coefficient (Wildman–Crippen LogP) is 2.52. The maximum absolute atomic E-state index is 13.3. The van der Waals surface area contributed by atoms with Crippen molar-refractivity contribution in [3.63, 3.8) is 0 Å². The van der Waals surface area contributed by atoms with Gasteiger partial charge in [0.2, 0.25) is 10.0 Å². The number of primary sulfonamides is 1. The summed E-state index contributed by atoms with van der Waals surface area (Å²) >= 11 is 0. The van der Waals surface area contributed by atoms with E-state index < -0.39 is 10.0 Å². The number of aliphatic imine (C=N–C) groups is 1. The number of rotatable bonds is 7. The number of benzene rings is 2. The van der Waals surface area contributed by atoms with E-state index in [0.29, 0.717) is 25.5 Å². The highest BCUT2D eigenvalue weighted by Crippen LogP contribution is 2.19. The van der Waals surface area contributed by atoms with Crippen LogP contribution in [-0.2, 0) is 22.9 Å². The van der Waals surface area contributed by atoms with Crippen LogP contribution in [0.1, 0.15) is 11.1 Å². The molecule has 0 aliphatic rings. The molecule has 0 fully saturated rings. The van der Waals surface area contributed by atoms with Gasteiger partial charge in [-0.3, -0.25) is 4.99 Å². The number of nitrogens with zero attached hydrogens (tertiary/aromatic N) is 1. The van der Waals surface area contributed by atoms with Gasteiger partial charge in [-0.05, 0) is 54.3 Å². The van der Waals surface area contributed by atoms with E-state index in [1.807, 2.05) is 6.20 Å². The Bertz CT molecular complexity index is 1110. The Balaban J connectivity index is 0.00000320. The first-order valence-electron chi connectivity index (χ1n) is 9.18. The number of guanidine groups is 1. The molecule has 0 radical (unpaired) electrons. The Morgan fingerprint density at radius 3 is 2.40 bits per heavy atom. The number of sulfonamides is 1. The highest BCUT2D eigenvalue weighted by molar-refractivity contribution is 14.0. The van der Waals surface area contributed by atoms with Crippen LogP contribution in [0, 0.1) is 5.82 Å². The molecule has 0 atom stereocenters. The fraction of sp³-hybridized carbons (Fsp3) is 0.250. The molecule has 0 saturated heterocycles. The summed E-state index contributed by atoms with van der Waals surface area (Å²) in [5.74, 6) is 0.421. The first kappa shape index (κ1) is 24.1. The van der Waals surface area contributed by atoms with Gasteiger partial charge >= 0.3 is 0 Å². The van der Waals surface area contributed by atoms with Gasteiger partial charge in [-0.15, -0.1) is 24.0 Å². The van der Waals surface area contributed by atoms with Gasteiger partial charge in [0.1, 0.15) is 5.82 Å². The molecular weight excluding hydrogens is 520 g/mol. The van der Waals surface area contributed by atoms with Crippen LogP contribution in [0.2, 0.25) is 0 Å². The normalized spacial score (nSPS) is 11.9. The minimum atomic E-state index is -3.67. The van der Waals surface area contributed by atoms with Crippen molar-refractivity contribution in [3.05, 3.63) is 65.6 Å². The zero-order chi connectivity index (χ0) is 20.9. The second kappa shape index (κ2) is 10.7. The van der Waals surface area contributed by atoms with Crippen LogP contribution in [0.25, 0.3) is 10.9 Å². The lowest BCUT2D eigenvalue weighted by molar-refractivity contribution is 0.597. The van der Waals surface area contributed by atoms with Crippen LogP contribution in [0.15, 0.2) is 58.5 Å². The van der Waals surface area contributed by atoms with Crippen LogP contribution >= 0.6 is 24.0 Å². The van der Waals surface area contributed by atoms with Crippen LogP contribution in [0.4, 0.5) is 4.39 Å². The Morgan fingerprint density at radius 1 is 1.10 bits per heavy atom. The van der Waals surface area contributed by atoms with Crippen molar-refractivity contribution >= 4 is 50.9 Å². The molecule has 2 aromatic carbocycles. The highest BCUT2D eigenvalue weighted by atomic mass is 127. The molecule has 5 N–H and O–H groups in total. The van der Waals surface area contributed by atoms with Gasteiger partial charge in [0, 0.05) is 37.2 Å². The maximum atomic E-state index is 13.3. The average molecular weight is 545 g/mol. The number of aromatic amines is 1. The Hall–Kier alpha value is -2.18. The maximum Gasteiger partial charge on any atom is 0.238 e. The molecule has 162 valence electrons. The second-order valence-electron chi connectivity index (χ2n) is 6.62. The zero-order valence-corrected chi connectivity index (χ0v) is 19.6. The highest BCUT2D eigenvalue weighted by Gasteiger charge is 2.07. The quantitative estimate of drug-likeness (QED) is 0.208. The minimum absolute atomic E-state index is 0. The lowest BCUT2D eigenvalue weighted by Gasteiger charge is -2.12. The van der Waals surface area contributed by atoms with Gasteiger partial charge < -0.3 is 15.6 Å². The Morgan fingerprint density at radius 2 is 1.77 bits per heavy atom. The van der Waals surface area contributed by atoms with E-state index in [-0.39, 0.29) is 34.7 Å². The summed E-state index contributed by atoms with van der Waals surface area (Å²) < 4.78 is 35.8. The fourth-order valence-electron chi connectivity index (χ4n) is 3.07. The third-order valence-corrected chi connectivity index (χ3v) is 5.53. The summed E-state index contributed by atoms with van der Waals surface area (Å²) in [5.41, 5.74) is 2.89. The van der Waals surface area contributed by atoms with Gasteiger partial charge in [0.25, 0.3) is 0 Å². The first-order valence-corrected chi connectivity index (χ1v) is 10.7. The van der Waals surface area contributed by atoms with E-state index in [2.05, 4.69) is 20.6 Å². The molecule has 0 bridgehead atoms. The second-order valence-corrected chi connectivity index (χ2v) is 8.18. The molecule has 0 amide bonds. The van der Waals surface area contributed by atoms with Crippen molar-refractivity contribution in [2.24, 2.45) is 10.1 Å².